The molecule has 1 N–H and O–H groups in total. The number of anilines is 1. The lowest BCUT2D eigenvalue weighted by molar-refractivity contribution is 0.0784. The van der Waals surface area contributed by atoms with E-state index in [-0.39, 0.29) is 17.6 Å². The summed E-state index contributed by atoms with van der Waals surface area (Å²) in [7, 11) is -2.17. The van der Waals surface area contributed by atoms with Crippen LogP contribution in [0.3, 0.4) is 0 Å². The minimum atomic E-state index is -3.85. The number of fused-ring (bicyclic) bond motifs is 1. The Bertz CT molecular complexity index is 1290. The molecule has 0 atom stereocenters. The van der Waals surface area contributed by atoms with Gasteiger partial charge in [-0.05, 0) is 66.9 Å². The Morgan fingerprint density at radius 2 is 1.78 bits per heavy atom. The Kier molecular flexibility index (Phi) is 5.80. The monoisotopic (exact) mass is 452 g/mol. The highest BCUT2D eigenvalue weighted by Crippen LogP contribution is 2.33. The number of hydrogen-bond acceptors (Lipinski definition) is 5. The quantitative estimate of drug-likeness (QED) is 0.609. The van der Waals surface area contributed by atoms with E-state index in [1.807, 2.05) is 31.2 Å². The fraction of sp³-hybridized carbons (Fsp3) is 0.208. The van der Waals surface area contributed by atoms with Gasteiger partial charge >= 0.3 is 0 Å². The number of nitrogens with one attached hydrogen (secondary N) is 1. The second-order valence-corrected chi connectivity index (χ2v) is 9.48. The molecule has 7 nitrogen and oxygen atoms in total. The molecule has 1 aliphatic heterocycles. The third-order valence-corrected chi connectivity index (χ3v) is 6.60. The van der Waals surface area contributed by atoms with Crippen molar-refractivity contribution in [3.63, 3.8) is 0 Å². The second kappa shape index (κ2) is 8.55. The van der Waals surface area contributed by atoms with Crippen LogP contribution in [0.2, 0.25) is 0 Å². The molecule has 0 aromatic heterocycles. The van der Waals surface area contributed by atoms with Crippen LogP contribution in [-0.2, 0) is 16.6 Å². The van der Waals surface area contributed by atoms with Crippen molar-refractivity contribution >= 4 is 21.6 Å². The number of rotatable bonds is 6. The molecule has 1 heterocycles. The largest absolute Gasteiger partial charge is 0.454 e. The van der Waals surface area contributed by atoms with E-state index in [9.17, 15) is 13.2 Å². The third kappa shape index (κ3) is 4.55. The van der Waals surface area contributed by atoms with E-state index in [1.54, 1.807) is 43.1 Å². The molecule has 3 aromatic carbocycles. The van der Waals surface area contributed by atoms with Crippen LogP contribution in [0.25, 0.3) is 0 Å². The van der Waals surface area contributed by atoms with Gasteiger partial charge in [-0.3, -0.25) is 9.52 Å². The molecule has 1 amide bonds. The smallest absolute Gasteiger partial charge is 0.261 e. The summed E-state index contributed by atoms with van der Waals surface area (Å²) in [5.41, 5.74) is 3.32. The summed E-state index contributed by atoms with van der Waals surface area (Å²) in [6, 6.07) is 17.2. The first-order chi connectivity index (χ1) is 15.2. The first kappa shape index (κ1) is 21.7. The number of sulfonamides is 1. The summed E-state index contributed by atoms with van der Waals surface area (Å²) in [6.45, 7) is 4.19. The highest BCUT2D eigenvalue weighted by Gasteiger charge is 2.21. The zero-order valence-electron chi connectivity index (χ0n) is 18.1. The van der Waals surface area contributed by atoms with Crippen LogP contribution in [0.15, 0.2) is 65.6 Å². The number of aryl methyl sites for hydroxylation is 2. The predicted octanol–water partition coefficient (Wildman–Crippen LogP) is 4.11. The Balaban J connectivity index is 1.55. The van der Waals surface area contributed by atoms with Crippen molar-refractivity contribution in [2.45, 2.75) is 25.3 Å². The molecule has 4 rings (SSSR count). The van der Waals surface area contributed by atoms with Crippen molar-refractivity contribution in [3.8, 4) is 11.5 Å². The van der Waals surface area contributed by atoms with Crippen LogP contribution >= 0.6 is 0 Å². The van der Waals surface area contributed by atoms with Crippen molar-refractivity contribution in [2.75, 3.05) is 18.6 Å². The van der Waals surface area contributed by atoms with Crippen LogP contribution in [0.1, 0.15) is 27.0 Å². The van der Waals surface area contributed by atoms with Gasteiger partial charge in [0.1, 0.15) is 0 Å². The summed E-state index contributed by atoms with van der Waals surface area (Å²) in [5.74, 6) is 1.06. The molecule has 0 bridgehead atoms. The first-order valence-corrected chi connectivity index (χ1v) is 11.6. The first-order valence-electron chi connectivity index (χ1n) is 10.1. The number of hydrogen-bond donors (Lipinski definition) is 1. The Hall–Kier alpha value is -3.52. The van der Waals surface area contributed by atoms with Crippen LogP contribution in [0.4, 0.5) is 5.69 Å². The van der Waals surface area contributed by atoms with Gasteiger partial charge in [0.05, 0.1) is 4.90 Å². The summed E-state index contributed by atoms with van der Waals surface area (Å²) >= 11 is 0. The Labute approximate surface area is 187 Å². The molecule has 0 fully saturated rings. The lowest BCUT2D eigenvalue weighted by Crippen LogP contribution is -2.27. The van der Waals surface area contributed by atoms with Gasteiger partial charge in [0, 0.05) is 24.8 Å². The van der Waals surface area contributed by atoms with Crippen LogP contribution < -0.4 is 14.2 Å². The summed E-state index contributed by atoms with van der Waals surface area (Å²) in [4.78, 5) is 14.7. The molecule has 0 saturated carbocycles. The molecule has 0 unspecified atom stereocenters. The lowest BCUT2D eigenvalue weighted by atomic mass is 10.1. The average molecular weight is 453 g/mol. The molecule has 166 valence electrons. The zero-order chi connectivity index (χ0) is 22.9. The minimum Gasteiger partial charge on any atom is -0.454 e. The van der Waals surface area contributed by atoms with Gasteiger partial charge < -0.3 is 14.4 Å². The molecule has 0 saturated heterocycles. The maximum absolute atomic E-state index is 13.1. The van der Waals surface area contributed by atoms with Gasteiger partial charge in [0.2, 0.25) is 6.79 Å². The SMILES string of the molecule is Cc1cccc(NS(=O)(=O)c2ccc(C)c(C(=O)N(C)Cc3ccc4c(c3)OCO4)c2)c1. The van der Waals surface area contributed by atoms with Crippen molar-refractivity contribution in [3.05, 3.63) is 82.9 Å². The van der Waals surface area contributed by atoms with Crippen LogP contribution in [0.5, 0.6) is 11.5 Å². The lowest BCUT2D eigenvalue weighted by Gasteiger charge is -2.19. The molecule has 0 aliphatic carbocycles. The highest BCUT2D eigenvalue weighted by molar-refractivity contribution is 7.92. The fourth-order valence-electron chi connectivity index (χ4n) is 3.51. The molecule has 0 radical (unpaired) electrons. The van der Waals surface area contributed by atoms with Crippen molar-refractivity contribution in [2.24, 2.45) is 0 Å². The second-order valence-electron chi connectivity index (χ2n) is 7.80. The molecule has 0 spiro atoms. The molecule has 3 aromatic rings. The number of nitrogens with zero attached hydrogens (tertiary/aromatic N) is 1. The van der Waals surface area contributed by atoms with Crippen molar-refractivity contribution in [1.29, 1.82) is 0 Å². The van der Waals surface area contributed by atoms with E-state index >= 15 is 0 Å². The van der Waals surface area contributed by atoms with E-state index in [0.29, 0.717) is 34.9 Å². The number of amides is 1. The van der Waals surface area contributed by atoms with Gasteiger partial charge in [-0.2, -0.15) is 0 Å². The zero-order valence-corrected chi connectivity index (χ0v) is 18.9. The van der Waals surface area contributed by atoms with Gasteiger partial charge in [0.15, 0.2) is 11.5 Å². The van der Waals surface area contributed by atoms with Crippen molar-refractivity contribution in [1.82, 2.24) is 4.90 Å². The summed E-state index contributed by atoms with van der Waals surface area (Å²) < 4.78 is 39.1. The number of carbonyl (C=O) groups is 1. The summed E-state index contributed by atoms with van der Waals surface area (Å²) in [6.07, 6.45) is 0. The molecule has 1 aliphatic rings. The van der Waals surface area contributed by atoms with E-state index < -0.39 is 10.0 Å². The molecular weight excluding hydrogens is 428 g/mol. The van der Waals surface area contributed by atoms with Gasteiger partial charge in [-0.1, -0.05) is 24.3 Å². The Morgan fingerprint density at radius 1 is 1.00 bits per heavy atom. The fourth-order valence-corrected chi connectivity index (χ4v) is 4.59. The van der Waals surface area contributed by atoms with Gasteiger partial charge in [-0.25, -0.2) is 8.42 Å². The van der Waals surface area contributed by atoms with Gasteiger partial charge in [-0.15, -0.1) is 0 Å². The standard InChI is InChI=1S/C24H24N2O5S/c1-16-5-4-6-19(11-16)25-32(28,29)20-9-7-17(2)21(13-20)24(27)26(3)14-18-8-10-22-23(12-18)31-15-30-22/h4-13,25H,14-15H2,1-3H3. The average Bonchev–Trinajstić information content (AvgIpc) is 3.21. The number of ether oxygens (including phenoxy) is 2. The normalized spacial score (nSPS) is 12.5. The predicted molar refractivity (Wildman–Crippen MR) is 122 cm³/mol. The molecule has 32 heavy (non-hydrogen) atoms. The highest BCUT2D eigenvalue weighted by atomic mass is 32.2. The van der Waals surface area contributed by atoms with Gasteiger partial charge in [0.25, 0.3) is 15.9 Å². The van der Waals surface area contributed by atoms with E-state index in [2.05, 4.69) is 4.72 Å². The topological polar surface area (TPSA) is 84.9 Å². The van der Waals surface area contributed by atoms with E-state index in [4.69, 9.17) is 9.47 Å². The summed E-state index contributed by atoms with van der Waals surface area (Å²) in [5, 5.41) is 0. The maximum atomic E-state index is 13.1. The van der Waals surface area contributed by atoms with E-state index in [1.165, 1.54) is 12.1 Å². The Morgan fingerprint density at radius 3 is 2.56 bits per heavy atom. The number of benzene rings is 3. The van der Waals surface area contributed by atoms with Crippen LogP contribution in [-0.4, -0.2) is 33.1 Å². The molecule has 8 heteroatoms. The maximum Gasteiger partial charge on any atom is 0.261 e. The van der Waals surface area contributed by atoms with E-state index in [0.717, 1.165) is 11.1 Å². The number of carbonyl (C=O) groups excluding carboxylic acids is 1. The van der Waals surface area contributed by atoms with Crippen LogP contribution in [0, 0.1) is 13.8 Å². The minimum absolute atomic E-state index is 0.0319. The van der Waals surface area contributed by atoms with Crippen molar-refractivity contribution < 1.29 is 22.7 Å². The molecular formula is C24H24N2O5S. The third-order valence-electron chi connectivity index (χ3n) is 5.22.